The van der Waals surface area contributed by atoms with Gasteiger partial charge in [0.25, 0.3) is 5.91 Å². The number of nitrogens with one attached hydrogen (secondary N) is 1. The number of aromatic nitrogens is 1. The van der Waals surface area contributed by atoms with Crippen LogP contribution in [0.25, 0.3) is 0 Å². The van der Waals surface area contributed by atoms with Crippen molar-refractivity contribution in [3.05, 3.63) is 59.3 Å². The molecule has 0 spiro atoms. The van der Waals surface area contributed by atoms with Gasteiger partial charge in [-0.15, -0.1) is 0 Å². The summed E-state index contributed by atoms with van der Waals surface area (Å²) in [6.45, 7) is 0.450. The first-order valence-electron chi connectivity index (χ1n) is 8.37. The number of hydrogen-bond donors (Lipinski definition) is 2. The standard InChI is InChI=1S/C19H23N3O3/c1-24-12-19(23)22-18-10-13(8-9-21-18)11-25-17-7-6-16(20)14-4-2-3-5-15(14)17/h2-5,8-10,16-17H,6-7,11-12,20H2,1H3,(H,21,22,23)/t16-,17?/m0/s1. The fraction of sp³-hybridized carbons (Fsp3) is 0.368. The lowest BCUT2D eigenvalue weighted by Crippen LogP contribution is -2.21. The third-order valence-electron chi connectivity index (χ3n) is 4.30. The van der Waals surface area contributed by atoms with Crippen LogP contribution < -0.4 is 11.1 Å². The molecule has 1 aliphatic carbocycles. The number of anilines is 1. The van der Waals surface area contributed by atoms with Gasteiger partial charge in [-0.25, -0.2) is 4.98 Å². The van der Waals surface area contributed by atoms with E-state index in [-0.39, 0.29) is 24.7 Å². The Morgan fingerprint density at radius 1 is 1.28 bits per heavy atom. The van der Waals surface area contributed by atoms with Gasteiger partial charge in [0, 0.05) is 19.3 Å². The van der Waals surface area contributed by atoms with Gasteiger partial charge in [-0.2, -0.15) is 0 Å². The van der Waals surface area contributed by atoms with Crippen molar-refractivity contribution >= 4 is 11.7 Å². The number of ether oxygens (including phenoxy) is 2. The lowest BCUT2D eigenvalue weighted by Gasteiger charge is -2.29. The van der Waals surface area contributed by atoms with E-state index >= 15 is 0 Å². The third-order valence-corrected chi connectivity index (χ3v) is 4.30. The summed E-state index contributed by atoms with van der Waals surface area (Å²) in [6.07, 6.45) is 3.51. The highest BCUT2D eigenvalue weighted by molar-refractivity contribution is 5.90. The molecule has 1 amide bonds. The van der Waals surface area contributed by atoms with Crippen LogP contribution in [-0.4, -0.2) is 24.6 Å². The highest BCUT2D eigenvalue weighted by Gasteiger charge is 2.25. The fourth-order valence-electron chi connectivity index (χ4n) is 3.10. The molecule has 6 heteroatoms. The number of amides is 1. The molecule has 0 bridgehead atoms. The lowest BCUT2D eigenvalue weighted by atomic mass is 9.86. The van der Waals surface area contributed by atoms with Crippen LogP contribution in [0.3, 0.4) is 0 Å². The van der Waals surface area contributed by atoms with E-state index < -0.39 is 0 Å². The second kappa shape index (κ2) is 8.20. The van der Waals surface area contributed by atoms with E-state index in [1.54, 1.807) is 6.20 Å². The average Bonchev–Trinajstić information content (AvgIpc) is 2.62. The quantitative estimate of drug-likeness (QED) is 0.844. The van der Waals surface area contributed by atoms with Gasteiger partial charge in [0.1, 0.15) is 12.4 Å². The predicted molar refractivity (Wildman–Crippen MR) is 94.9 cm³/mol. The number of pyridine rings is 1. The molecule has 132 valence electrons. The Morgan fingerprint density at radius 3 is 2.88 bits per heavy atom. The normalized spacial score (nSPS) is 19.3. The van der Waals surface area contributed by atoms with Gasteiger partial charge in [-0.1, -0.05) is 24.3 Å². The molecule has 25 heavy (non-hydrogen) atoms. The van der Waals surface area contributed by atoms with E-state index in [9.17, 15) is 4.79 Å². The summed E-state index contributed by atoms with van der Waals surface area (Å²) in [5, 5.41) is 2.70. The molecule has 6 nitrogen and oxygen atoms in total. The number of methoxy groups -OCH3 is 1. The van der Waals surface area contributed by atoms with Gasteiger partial charge in [0.15, 0.2) is 0 Å². The number of hydrogen-bond acceptors (Lipinski definition) is 5. The number of fused-ring (bicyclic) bond motifs is 1. The number of carbonyl (C=O) groups excluding carboxylic acids is 1. The Labute approximate surface area is 147 Å². The molecule has 0 aliphatic heterocycles. The minimum Gasteiger partial charge on any atom is -0.375 e. The molecule has 3 N–H and O–H groups in total. The SMILES string of the molecule is COCC(=O)Nc1cc(COC2CC[C@H](N)c3ccccc32)ccn1. The number of nitrogens with zero attached hydrogens (tertiary/aromatic N) is 1. The summed E-state index contributed by atoms with van der Waals surface area (Å²) in [6, 6.07) is 12.0. The van der Waals surface area contributed by atoms with Crippen molar-refractivity contribution in [1.82, 2.24) is 4.98 Å². The molecule has 1 heterocycles. The van der Waals surface area contributed by atoms with E-state index in [1.807, 2.05) is 24.3 Å². The molecule has 0 saturated carbocycles. The minimum absolute atomic E-state index is 0.00151. The van der Waals surface area contributed by atoms with Crippen LogP contribution in [0, 0.1) is 0 Å². The van der Waals surface area contributed by atoms with Gasteiger partial charge in [-0.3, -0.25) is 4.79 Å². The first kappa shape index (κ1) is 17.5. The van der Waals surface area contributed by atoms with Gasteiger partial charge in [0.2, 0.25) is 0 Å². The molecule has 0 fully saturated rings. The molecule has 0 radical (unpaired) electrons. The number of carbonyl (C=O) groups is 1. The van der Waals surface area contributed by atoms with Crippen molar-refractivity contribution in [2.75, 3.05) is 19.0 Å². The van der Waals surface area contributed by atoms with Gasteiger partial charge in [-0.05, 0) is 41.7 Å². The zero-order valence-electron chi connectivity index (χ0n) is 14.3. The van der Waals surface area contributed by atoms with E-state index in [0.29, 0.717) is 12.4 Å². The maximum Gasteiger partial charge on any atom is 0.251 e. The third kappa shape index (κ3) is 4.42. The van der Waals surface area contributed by atoms with Crippen molar-refractivity contribution in [1.29, 1.82) is 0 Å². The summed E-state index contributed by atoms with van der Waals surface area (Å²) in [5.41, 5.74) is 9.48. The Bertz CT molecular complexity index is 735. The van der Waals surface area contributed by atoms with Crippen molar-refractivity contribution in [3.8, 4) is 0 Å². The first-order chi connectivity index (χ1) is 12.2. The van der Waals surface area contributed by atoms with Crippen molar-refractivity contribution in [3.63, 3.8) is 0 Å². The summed E-state index contributed by atoms with van der Waals surface area (Å²) >= 11 is 0. The number of benzene rings is 1. The van der Waals surface area contributed by atoms with Crippen LogP contribution in [0.4, 0.5) is 5.82 Å². The Hall–Kier alpha value is -2.28. The Kier molecular flexibility index (Phi) is 5.75. The van der Waals surface area contributed by atoms with Crippen LogP contribution in [0.1, 0.15) is 41.7 Å². The van der Waals surface area contributed by atoms with E-state index in [1.165, 1.54) is 18.2 Å². The van der Waals surface area contributed by atoms with Gasteiger partial charge >= 0.3 is 0 Å². The van der Waals surface area contributed by atoms with Gasteiger partial charge < -0.3 is 20.5 Å². The average molecular weight is 341 g/mol. The maximum absolute atomic E-state index is 11.6. The number of nitrogens with two attached hydrogens (primary N) is 1. The van der Waals surface area contributed by atoms with Crippen LogP contribution in [-0.2, 0) is 20.9 Å². The highest BCUT2D eigenvalue weighted by atomic mass is 16.5. The van der Waals surface area contributed by atoms with E-state index in [4.69, 9.17) is 15.2 Å². The summed E-state index contributed by atoms with van der Waals surface area (Å²) in [5.74, 6) is 0.262. The molecular formula is C19H23N3O3. The smallest absolute Gasteiger partial charge is 0.251 e. The summed E-state index contributed by atoms with van der Waals surface area (Å²) in [7, 11) is 1.48. The maximum atomic E-state index is 11.6. The predicted octanol–water partition coefficient (Wildman–Crippen LogP) is 2.72. The summed E-state index contributed by atoms with van der Waals surface area (Å²) in [4.78, 5) is 15.7. The molecular weight excluding hydrogens is 318 g/mol. The lowest BCUT2D eigenvalue weighted by molar-refractivity contribution is -0.119. The number of rotatable bonds is 6. The van der Waals surface area contributed by atoms with Crippen molar-refractivity contribution in [2.24, 2.45) is 5.73 Å². The molecule has 0 saturated heterocycles. The molecule has 1 aromatic carbocycles. The second-order valence-electron chi connectivity index (χ2n) is 6.14. The fourth-order valence-corrected chi connectivity index (χ4v) is 3.10. The van der Waals surface area contributed by atoms with Crippen LogP contribution in [0.5, 0.6) is 0 Å². The summed E-state index contributed by atoms with van der Waals surface area (Å²) < 4.78 is 10.9. The molecule has 2 aromatic rings. The zero-order chi connectivity index (χ0) is 17.6. The molecule has 2 atom stereocenters. The molecule has 1 aliphatic rings. The van der Waals surface area contributed by atoms with Gasteiger partial charge in [0.05, 0.1) is 12.7 Å². The molecule has 3 rings (SSSR count). The first-order valence-corrected chi connectivity index (χ1v) is 8.37. The zero-order valence-corrected chi connectivity index (χ0v) is 14.3. The molecule has 1 unspecified atom stereocenters. The van der Waals surface area contributed by atoms with Crippen molar-refractivity contribution < 1.29 is 14.3 Å². The van der Waals surface area contributed by atoms with Crippen LogP contribution >= 0.6 is 0 Å². The largest absolute Gasteiger partial charge is 0.375 e. The van der Waals surface area contributed by atoms with Crippen LogP contribution in [0.15, 0.2) is 42.6 Å². The Morgan fingerprint density at radius 2 is 2.08 bits per heavy atom. The Balaban J connectivity index is 1.64. The highest BCUT2D eigenvalue weighted by Crippen LogP contribution is 2.37. The monoisotopic (exact) mass is 341 g/mol. The second-order valence-corrected chi connectivity index (χ2v) is 6.14. The van der Waals surface area contributed by atoms with E-state index in [0.717, 1.165) is 18.4 Å². The molecule has 1 aromatic heterocycles. The topological polar surface area (TPSA) is 86.5 Å². The minimum atomic E-state index is -0.233. The van der Waals surface area contributed by atoms with Crippen LogP contribution in [0.2, 0.25) is 0 Å². The van der Waals surface area contributed by atoms with E-state index in [2.05, 4.69) is 22.4 Å². The van der Waals surface area contributed by atoms with Crippen molar-refractivity contribution in [2.45, 2.75) is 31.6 Å².